The molecule has 2 fully saturated rings. The van der Waals surface area contributed by atoms with Crippen molar-refractivity contribution >= 4 is 17.5 Å². The van der Waals surface area contributed by atoms with E-state index >= 15 is 0 Å². The summed E-state index contributed by atoms with van der Waals surface area (Å²) < 4.78 is 0. The first-order valence-corrected chi connectivity index (χ1v) is 10.5. The third kappa shape index (κ3) is 5.02. The number of hydrogen-bond donors (Lipinski definition) is 1. The Bertz CT molecular complexity index is 655. The van der Waals surface area contributed by atoms with Crippen molar-refractivity contribution in [3.05, 3.63) is 29.8 Å². The SMILES string of the molecule is CCN(CCNC(=O)[C@@H]1CCC(=O)N(C2CCCC2)C1)c1cccc(C)c1. The molecule has 0 unspecified atom stereocenters. The van der Waals surface area contributed by atoms with E-state index in [9.17, 15) is 9.59 Å². The number of likely N-dealkylation sites (N-methyl/N-ethyl adjacent to an activating group) is 1. The number of anilines is 1. The molecule has 1 saturated carbocycles. The molecule has 3 rings (SSSR count). The predicted molar refractivity (Wildman–Crippen MR) is 109 cm³/mol. The number of piperidine rings is 1. The predicted octanol–water partition coefficient (Wildman–Crippen LogP) is 3.12. The highest BCUT2D eigenvalue weighted by molar-refractivity contribution is 5.84. The first kappa shape index (κ1) is 19.7. The number of nitrogens with one attached hydrogen (secondary N) is 1. The van der Waals surface area contributed by atoms with Gasteiger partial charge in [0, 0.05) is 44.3 Å². The van der Waals surface area contributed by atoms with Crippen LogP contribution < -0.4 is 10.2 Å². The molecule has 1 aromatic rings. The summed E-state index contributed by atoms with van der Waals surface area (Å²) in [7, 11) is 0. The average molecular weight is 372 g/mol. The molecule has 1 N–H and O–H groups in total. The summed E-state index contributed by atoms with van der Waals surface area (Å²) in [6.45, 7) is 7.17. The number of likely N-dealkylation sites (tertiary alicyclic amines) is 1. The van der Waals surface area contributed by atoms with E-state index in [1.165, 1.54) is 24.1 Å². The fourth-order valence-electron chi connectivity index (χ4n) is 4.41. The molecule has 1 saturated heterocycles. The summed E-state index contributed by atoms with van der Waals surface area (Å²) in [5.74, 6) is 0.283. The van der Waals surface area contributed by atoms with E-state index < -0.39 is 0 Å². The molecule has 5 nitrogen and oxygen atoms in total. The minimum Gasteiger partial charge on any atom is -0.370 e. The highest BCUT2D eigenvalue weighted by Gasteiger charge is 2.35. The number of nitrogens with zero attached hydrogens (tertiary/aromatic N) is 2. The number of amides is 2. The van der Waals surface area contributed by atoms with E-state index in [1.54, 1.807) is 0 Å². The maximum Gasteiger partial charge on any atom is 0.224 e. The second-order valence-corrected chi connectivity index (χ2v) is 7.93. The standard InChI is InChI=1S/C22H33N3O2/c1-3-24(20-10-6-7-17(2)15-20)14-13-23-22(27)18-11-12-21(26)25(16-18)19-8-4-5-9-19/h6-7,10,15,18-19H,3-5,8-9,11-14,16H2,1-2H3,(H,23,27)/t18-/m1/s1. The Morgan fingerprint density at radius 3 is 2.74 bits per heavy atom. The van der Waals surface area contributed by atoms with Crippen molar-refractivity contribution in [2.24, 2.45) is 5.92 Å². The minimum absolute atomic E-state index is 0.0580. The van der Waals surface area contributed by atoms with Gasteiger partial charge in [0.1, 0.15) is 0 Å². The van der Waals surface area contributed by atoms with Crippen LogP contribution in [0, 0.1) is 12.8 Å². The molecular weight excluding hydrogens is 338 g/mol. The van der Waals surface area contributed by atoms with Gasteiger partial charge in [0.05, 0.1) is 5.92 Å². The topological polar surface area (TPSA) is 52.7 Å². The van der Waals surface area contributed by atoms with Crippen molar-refractivity contribution in [1.82, 2.24) is 10.2 Å². The quantitative estimate of drug-likeness (QED) is 0.801. The molecule has 5 heteroatoms. The van der Waals surface area contributed by atoms with Crippen LogP contribution in [-0.4, -0.2) is 48.9 Å². The summed E-state index contributed by atoms with van der Waals surface area (Å²) >= 11 is 0. The maximum atomic E-state index is 12.7. The van der Waals surface area contributed by atoms with E-state index in [-0.39, 0.29) is 17.7 Å². The Hall–Kier alpha value is -2.04. The van der Waals surface area contributed by atoms with Crippen LogP contribution in [0.15, 0.2) is 24.3 Å². The highest BCUT2D eigenvalue weighted by Crippen LogP contribution is 2.28. The summed E-state index contributed by atoms with van der Waals surface area (Å²) in [5.41, 5.74) is 2.44. The van der Waals surface area contributed by atoms with Gasteiger partial charge in [-0.1, -0.05) is 25.0 Å². The average Bonchev–Trinajstić information content (AvgIpc) is 3.20. The lowest BCUT2D eigenvalue weighted by Crippen LogP contribution is -2.50. The second-order valence-electron chi connectivity index (χ2n) is 7.93. The molecule has 1 aliphatic heterocycles. The fraction of sp³-hybridized carbons (Fsp3) is 0.636. The second kappa shape index (κ2) is 9.25. The normalized spacial score (nSPS) is 20.7. The van der Waals surface area contributed by atoms with Gasteiger partial charge in [0.15, 0.2) is 0 Å². The highest BCUT2D eigenvalue weighted by atomic mass is 16.2. The largest absolute Gasteiger partial charge is 0.370 e. The molecule has 2 aliphatic rings. The Kier molecular flexibility index (Phi) is 6.75. The van der Waals surface area contributed by atoms with E-state index in [0.717, 1.165) is 25.9 Å². The van der Waals surface area contributed by atoms with Crippen molar-refractivity contribution in [2.75, 3.05) is 31.1 Å². The molecule has 2 amide bonds. The Morgan fingerprint density at radius 1 is 1.26 bits per heavy atom. The molecule has 1 heterocycles. The zero-order valence-corrected chi connectivity index (χ0v) is 16.7. The van der Waals surface area contributed by atoms with Crippen molar-refractivity contribution in [1.29, 1.82) is 0 Å². The third-order valence-corrected chi connectivity index (χ3v) is 6.01. The molecule has 0 aromatic heterocycles. The maximum absolute atomic E-state index is 12.7. The van der Waals surface area contributed by atoms with Gasteiger partial charge >= 0.3 is 0 Å². The molecule has 1 aromatic carbocycles. The first-order chi connectivity index (χ1) is 13.1. The van der Waals surface area contributed by atoms with Crippen LogP contribution in [0.5, 0.6) is 0 Å². The van der Waals surface area contributed by atoms with Gasteiger partial charge in [-0.2, -0.15) is 0 Å². The molecule has 0 bridgehead atoms. The number of benzene rings is 1. The van der Waals surface area contributed by atoms with Gasteiger partial charge in [-0.3, -0.25) is 9.59 Å². The lowest BCUT2D eigenvalue weighted by Gasteiger charge is -2.36. The minimum atomic E-state index is -0.0580. The van der Waals surface area contributed by atoms with Gasteiger partial charge in [0.25, 0.3) is 0 Å². The smallest absolute Gasteiger partial charge is 0.224 e. The van der Waals surface area contributed by atoms with Gasteiger partial charge < -0.3 is 15.1 Å². The number of carbonyl (C=O) groups excluding carboxylic acids is 2. The van der Waals surface area contributed by atoms with Gasteiger partial charge in [-0.15, -0.1) is 0 Å². The molecule has 1 aliphatic carbocycles. The van der Waals surface area contributed by atoms with E-state index in [0.29, 0.717) is 32.0 Å². The van der Waals surface area contributed by atoms with Gasteiger partial charge in [0.2, 0.25) is 11.8 Å². The van der Waals surface area contributed by atoms with Gasteiger partial charge in [-0.25, -0.2) is 0 Å². The summed E-state index contributed by atoms with van der Waals surface area (Å²) in [5, 5.41) is 3.11. The zero-order valence-electron chi connectivity index (χ0n) is 16.7. The van der Waals surface area contributed by atoms with Crippen LogP contribution in [0.3, 0.4) is 0 Å². The molecule has 1 atom stereocenters. The van der Waals surface area contributed by atoms with E-state index in [4.69, 9.17) is 0 Å². The number of aryl methyl sites for hydroxylation is 1. The molecular formula is C22H33N3O2. The third-order valence-electron chi connectivity index (χ3n) is 6.01. The summed E-state index contributed by atoms with van der Waals surface area (Å²) in [6.07, 6.45) is 5.81. The monoisotopic (exact) mass is 371 g/mol. The lowest BCUT2D eigenvalue weighted by molar-refractivity contribution is -0.140. The van der Waals surface area contributed by atoms with Crippen LogP contribution >= 0.6 is 0 Å². The van der Waals surface area contributed by atoms with Crippen molar-refractivity contribution in [2.45, 2.75) is 58.4 Å². The van der Waals surface area contributed by atoms with E-state index in [1.807, 2.05) is 4.90 Å². The fourth-order valence-corrected chi connectivity index (χ4v) is 4.41. The molecule has 0 spiro atoms. The molecule has 27 heavy (non-hydrogen) atoms. The van der Waals surface area contributed by atoms with Crippen molar-refractivity contribution in [3.8, 4) is 0 Å². The Balaban J connectivity index is 1.49. The number of carbonyl (C=O) groups is 2. The van der Waals surface area contributed by atoms with Crippen LogP contribution in [0.2, 0.25) is 0 Å². The molecule has 148 valence electrons. The van der Waals surface area contributed by atoms with Crippen LogP contribution in [0.4, 0.5) is 5.69 Å². The van der Waals surface area contributed by atoms with Crippen LogP contribution in [-0.2, 0) is 9.59 Å². The Labute approximate surface area is 163 Å². The van der Waals surface area contributed by atoms with E-state index in [2.05, 4.69) is 48.3 Å². The van der Waals surface area contributed by atoms with Crippen LogP contribution in [0.25, 0.3) is 0 Å². The number of hydrogen-bond acceptors (Lipinski definition) is 3. The molecule has 0 radical (unpaired) electrons. The zero-order chi connectivity index (χ0) is 19.2. The summed E-state index contributed by atoms with van der Waals surface area (Å²) in [4.78, 5) is 29.2. The van der Waals surface area contributed by atoms with Crippen LogP contribution in [0.1, 0.15) is 51.0 Å². The van der Waals surface area contributed by atoms with Crippen molar-refractivity contribution in [3.63, 3.8) is 0 Å². The summed E-state index contributed by atoms with van der Waals surface area (Å²) in [6, 6.07) is 8.83. The first-order valence-electron chi connectivity index (χ1n) is 10.5. The number of rotatable bonds is 7. The van der Waals surface area contributed by atoms with Gasteiger partial charge in [-0.05, 0) is 50.8 Å². The lowest BCUT2D eigenvalue weighted by atomic mass is 9.95. The van der Waals surface area contributed by atoms with Crippen molar-refractivity contribution < 1.29 is 9.59 Å². The Morgan fingerprint density at radius 2 is 2.04 bits per heavy atom.